The summed E-state index contributed by atoms with van der Waals surface area (Å²) in [6.07, 6.45) is 1.40. The number of nitrogens with zero attached hydrogens (tertiary/aromatic N) is 1. The Labute approximate surface area is 109 Å². The van der Waals surface area contributed by atoms with Crippen LogP contribution in [0, 0.1) is 0 Å². The van der Waals surface area contributed by atoms with Crippen LogP contribution in [0.1, 0.15) is 10.4 Å². The molecular weight excluding hydrogens is 246 g/mol. The Hall–Kier alpha value is -2.63. The molecule has 0 atom stereocenters. The van der Waals surface area contributed by atoms with E-state index >= 15 is 0 Å². The maximum absolute atomic E-state index is 11.6. The molecule has 1 heterocycles. The number of hydrogen-bond donors (Lipinski definition) is 2. The molecule has 19 heavy (non-hydrogen) atoms. The second-order valence-corrected chi connectivity index (χ2v) is 3.72. The van der Waals surface area contributed by atoms with Crippen molar-refractivity contribution in [1.29, 1.82) is 0 Å². The lowest BCUT2D eigenvalue weighted by Gasteiger charge is -2.06. The molecule has 0 fully saturated rings. The summed E-state index contributed by atoms with van der Waals surface area (Å²) in [6, 6.07) is 10.4. The zero-order valence-corrected chi connectivity index (χ0v) is 10.1. The van der Waals surface area contributed by atoms with E-state index in [4.69, 9.17) is 4.74 Å². The topological polar surface area (TPSA) is 84.1 Å². The van der Waals surface area contributed by atoms with Crippen molar-refractivity contribution >= 4 is 11.8 Å². The smallest absolute Gasteiger partial charge is 0.346 e. The van der Waals surface area contributed by atoms with E-state index in [-0.39, 0.29) is 12.6 Å². The fourth-order valence-electron chi connectivity index (χ4n) is 1.46. The first-order valence-corrected chi connectivity index (χ1v) is 5.77. The van der Waals surface area contributed by atoms with Crippen LogP contribution in [0.15, 0.2) is 47.4 Å². The second kappa shape index (κ2) is 6.34. The van der Waals surface area contributed by atoms with Gasteiger partial charge < -0.3 is 10.1 Å². The minimum Gasteiger partial charge on any atom is -0.460 e. The molecule has 1 aromatic carbocycles. The van der Waals surface area contributed by atoms with Gasteiger partial charge in [0.25, 0.3) is 0 Å². The molecule has 0 unspecified atom stereocenters. The molecule has 6 heteroatoms. The summed E-state index contributed by atoms with van der Waals surface area (Å²) in [5, 5.41) is 2.92. The highest BCUT2D eigenvalue weighted by Gasteiger charge is 2.04. The number of aromatic amines is 1. The number of anilines is 1. The standard InChI is InChI=1S/C13H13N3O3/c17-12(10-4-2-1-3-5-10)19-9-8-14-11-6-7-15-13(18)16-11/h1-7H,8-9H2,(H2,14,15,16,18). The van der Waals surface area contributed by atoms with Gasteiger partial charge in [-0.15, -0.1) is 0 Å². The first kappa shape index (κ1) is 12.8. The molecule has 0 radical (unpaired) electrons. The van der Waals surface area contributed by atoms with E-state index in [1.807, 2.05) is 6.07 Å². The van der Waals surface area contributed by atoms with Crippen molar-refractivity contribution in [3.05, 3.63) is 58.6 Å². The monoisotopic (exact) mass is 259 g/mol. The predicted octanol–water partition coefficient (Wildman–Crippen LogP) is 1.04. The largest absolute Gasteiger partial charge is 0.460 e. The fourth-order valence-corrected chi connectivity index (χ4v) is 1.46. The number of ether oxygens (including phenoxy) is 1. The first-order valence-electron chi connectivity index (χ1n) is 5.77. The van der Waals surface area contributed by atoms with Crippen molar-refractivity contribution in [2.75, 3.05) is 18.5 Å². The molecule has 6 nitrogen and oxygen atoms in total. The molecule has 0 aliphatic carbocycles. The lowest BCUT2D eigenvalue weighted by atomic mass is 10.2. The van der Waals surface area contributed by atoms with Crippen LogP contribution in [0.25, 0.3) is 0 Å². The van der Waals surface area contributed by atoms with E-state index < -0.39 is 5.69 Å². The lowest BCUT2D eigenvalue weighted by molar-refractivity contribution is 0.0520. The summed E-state index contributed by atoms with van der Waals surface area (Å²) in [5.41, 5.74) is 0.0890. The molecule has 2 N–H and O–H groups in total. The van der Waals surface area contributed by atoms with Crippen LogP contribution in [0.4, 0.5) is 5.82 Å². The SMILES string of the molecule is O=C(OCCNc1ccnc(=O)[nH]1)c1ccccc1. The van der Waals surface area contributed by atoms with Crippen LogP contribution in [-0.2, 0) is 4.74 Å². The minimum atomic E-state index is -0.425. The van der Waals surface area contributed by atoms with Crippen molar-refractivity contribution in [3.8, 4) is 0 Å². The molecule has 2 rings (SSSR count). The molecular formula is C13H13N3O3. The third kappa shape index (κ3) is 3.95. The fraction of sp³-hybridized carbons (Fsp3) is 0.154. The molecule has 1 aromatic heterocycles. The minimum absolute atomic E-state index is 0.206. The van der Waals surface area contributed by atoms with Crippen LogP contribution >= 0.6 is 0 Å². The van der Waals surface area contributed by atoms with Crippen molar-refractivity contribution < 1.29 is 9.53 Å². The molecule has 0 aliphatic heterocycles. The van der Waals surface area contributed by atoms with Crippen LogP contribution in [0.2, 0.25) is 0 Å². The van der Waals surface area contributed by atoms with Crippen LogP contribution < -0.4 is 11.0 Å². The number of nitrogens with one attached hydrogen (secondary N) is 2. The Balaban J connectivity index is 1.75. The molecule has 0 spiro atoms. The number of benzene rings is 1. The lowest BCUT2D eigenvalue weighted by Crippen LogP contribution is -2.17. The van der Waals surface area contributed by atoms with E-state index in [1.54, 1.807) is 30.3 Å². The highest BCUT2D eigenvalue weighted by atomic mass is 16.5. The van der Waals surface area contributed by atoms with Gasteiger partial charge in [0.1, 0.15) is 12.4 Å². The Kier molecular flexibility index (Phi) is 4.28. The van der Waals surface area contributed by atoms with E-state index in [1.165, 1.54) is 6.20 Å². The predicted molar refractivity (Wildman–Crippen MR) is 70.1 cm³/mol. The Morgan fingerprint density at radius 1 is 1.26 bits per heavy atom. The third-order valence-corrected chi connectivity index (χ3v) is 2.33. The van der Waals surface area contributed by atoms with E-state index in [0.717, 1.165) is 0 Å². The Morgan fingerprint density at radius 2 is 2.05 bits per heavy atom. The number of hydrogen-bond acceptors (Lipinski definition) is 5. The van der Waals surface area contributed by atoms with Crippen LogP contribution in [-0.4, -0.2) is 29.1 Å². The van der Waals surface area contributed by atoms with Gasteiger partial charge in [0.05, 0.1) is 12.1 Å². The zero-order valence-electron chi connectivity index (χ0n) is 10.1. The van der Waals surface area contributed by atoms with Gasteiger partial charge in [-0.25, -0.2) is 14.6 Å². The molecule has 0 amide bonds. The zero-order chi connectivity index (χ0) is 13.5. The normalized spacial score (nSPS) is 9.89. The van der Waals surface area contributed by atoms with Gasteiger partial charge in [0, 0.05) is 6.20 Å². The molecule has 98 valence electrons. The first-order chi connectivity index (χ1) is 9.25. The van der Waals surface area contributed by atoms with Gasteiger partial charge in [0.15, 0.2) is 0 Å². The maximum atomic E-state index is 11.6. The van der Waals surface area contributed by atoms with Gasteiger partial charge in [-0.05, 0) is 18.2 Å². The number of aromatic nitrogens is 2. The molecule has 2 aromatic rings. The summed E-state index contributed by atoms with van der Waals surface area (Å²) < 4.78 is 5.07. The van der Waals surface area contributed by atoms with Crippen LogP contribution in [0.3, 0.4) is 0 Å². The Bertz CT molecular complexity index is 595. The van der Waals surface area contributed by atoms with Gasteiger partial charge in [-0.3, -0.25) is 4.98 Å². The van der Waals surface area contributed by atoms with E-state index in [2.05, 4.69) is 15.3 Å². The Morgan fingerprint density at radius 3 is 2.79 bits per heavy atom. The number of carbonyl (C=O) groups is 1. The van der Waals surface area contributed by atoms with Crippen molar-refractivity contribution in [2.24, 2.45) is 0 Å². The highest BCUT2D eigenvalue weighted by Crippen LogP contribution is 2.01. The number of rotatable bonds is 5. The average Bonchev–Trinajstić information content (AvgIpc) is 2.44. The number of H-pyrrole nitrogens is 1. The summed E-state index contributed by atoms with van der Waals surface area (Å²) in [7, 11) is 0. The quantitative estimate of drug-likeness (QED) is 0.619. The maximum Gasteiger partial charge on any atom is 0.346 e. The van der Waals surface area contributed by atoms with E-state index in [9.17, 15) is 9.59 Å². The second-order valence-electron chi connectivity index (χ2n) is 3.72. The number of esters is 1. The van der Waals surface area contributed by atoms with Gasteiger partial charge in [0.2, 0.25) is 0 Å². The third-order valence-electron chi connectivity index (χ3n) is 2.33. The van der Waals surface area contributed by atoms with Gasteiger partial charge in [-0.1, -0.05) is 18.2 Å². The molecule has 0 saturated carbocycles. The summed E-state index contributed by atoms with van der Waals surface area (Å²) in [5.74, 6) is 0.168. The van der Waals surface area contributed by atoms with E-state index in [0.29, 0.717) is 17.9 Å². The average molecular weight is 259 g/mol. The number of carbonyl (C=O) groups excluding carboxylic acids is 1. The van der Waals surface area contributed by atoms with Gasteiger partial charge in [-0.2, -0.15) is 0 Å². The molecule has 0 aliphatic rings. The van der Waals surface area contributed by atoms with Gasteiger partial charge >= 0.3 is 11.7 Å². The highest BCUT2D eigenvalue weighted by molar-refractivity contribution is 5.89. The van der Waals surface area contributed by atoms with Crippen molar-refractivity contribution in [1.82, 2.24) is 9.97 Å². The molecule has 0 saturated heterocycles. The summed E-state index contributed by atoms with van der Waals surface area (Å²) in [6.45, 7) is 0.608. The van der Waals surface area contributed by atoms with Crippen LogP contribution in [0.5, 0.6) is 0 Å². The van der Waals surface area contributed by atoms with Crippen molar-refractivity contribution in [3.63, 3.8) is 0 Å². The summed E-state index contributed by atoms with van der Waals surface area (Å²) >= 11 is 0. The molecule has 0 bridgehead atoms. The van der Waals surface area contributed by atoms with Crippen molar-refractivity contribution in [2.45, 2.75) is 0 Å². The summed E-state index contributed by atoms with van der Waals surface area (Å²) in [4.78, 5) is 28.5.